The fraction of sp³-hybridized carbons (Fsp3) is 0. The molecule has 1 heterocycles. The Morgan fingerprint density at radius 2 is 1.75 bits per heavy atom. The standard InChI is InChI=1S/C17H9BrCl3NS2/c18-9-1-4-15(14(21)7-9)22-10-2-3-11(13(20)8-10)16(23)17-12(19)5-6-24-17/h1-8,22H. The largest absolute Gasteiger partial charge is 0.354 e. The Labute approximate surface area is 172 Å². The predicted octanol–water partition coefficient (Wildman–Crippen LogP) is 7.98. The molecule has 0 amide bonds. The van der Waals surface area contributed by atoms with Crippen molar-refractivity contribution < 1.29 is 0 Å². The fourth-order valence-corrected chi connectivity index (χ4v) is 4.75. The molecule has 0 unspecified atom stereocenters. The molecule has 0 aliphatic heterocycles. The van der Waals surface area contributed by atoms with Gasteiger partial charge in [-0.1, -0.05) is 63.0 Å². The van der Waals surface area contributed by atoms with Crippen molar-refractivity contribution in [1.82, 2.24) is 0 Å². The first kappa shape index (κ1) is 18.2. The minimum absolute atomic E-state index is 0.558. The van der Waals surface area contributed by atoms with Gasteiger partial charge in [-0.25, -0.2) is 0 Å². The average molecular weight is 478 g/mol. The van der Waals surface area contributed by atoms with E-state index in [1.807, 2.05) is 47.8 Å². The third-order valence-corrected chi connectivity index (χ3v) is 6.28. The molecule has 0 spiro atoms. The van der Waals surface area contributed by atoms with E-state index in [-0.39, 0.29) is 0 Å². The molecule has 2 aromatic carbocycles. The molecule has 3 aromatic rings. The summed E-state index contributed by atoms with van der Waals surface area (Å²) < 4.78 is 0.921. The van der Waals surface area contributed by atoms with Crippen molar-refractivity contribution in [2.75, 3.05) is 5.32 Å². The number of thiophene rings is 1. The molecule has 0 bridgehead atoms. The zero-order valence-electron chi connectivity index (χ0n) is 11.9. The van der Waals surface area contributed by atoms with Crippen molar-refractivity contribution in [3.05, 3.63) is 77.8 Å². The van der Waals surface area contributed by atoms with E-state index in [1.54, 1.807) is 0 Å². The van der Waals surface area contributed by atoms with Gasteiger partial charge in [0.2, 0.25) is 0 Å². The number of hydrogen-bond donors (Lipinski definition) is 1. The minimum Gasteiger partial charge on any atom is -0.354 e. The van der Waals surface area contributed by atoms with E-state index in [1.165, 1.54) is 11.3 Å². The van der Waals surface area contributed by atoms with Gasteiger partial charge in [0.25, 0.3) is 0 Å². The van der Waals surface area contributed by atoms with E-state index < -0.39 is 0 Å². The summed E-state index contributed by atoms with van der Waals surface area (Å²) in [6, 6.07) is 13.1. The lowest BCUT2D eigenvalue weighted by Crippen LogP contribution is -2.00. The molecular weight excluding hydrogens is 469 g/mol. The van der Waals surface area contributed by atoms with Gasteiger partial charge in [-0.2, -0.15) is 0 Å². The Morgan fingerprint density at radius 3 is 2.38 bits per heavy atom. The van der Waals surface area contributed by atoms with Gasteiger partial charge in [0.1, 0.15) is 0 Å². The second-order valence-electron chi connectivity index (χ2n) is 4.87. The number of hydrogen-bond acceptors (Lipinski definition) is 3. The third-order valence-electron chi connectivity index (χ3n) is 3.25. The third kappa shape index (κ3) is 3.96. The van der Waals surface area contributed by atoms with Gasteiger partial charge >= 0.3 is 0 Å². The normalized spacial score (nSPS) is 10.7. The summed E-state index contributed by atoms with van der Waals surface area (Å²) in [5, 5.41) is 6.97. The highest BCUT2D eigenvalue weighted by Crippen LogP contribution is 2.32. The Hall–Kier alpha value is -0.620. The van der Waals surface area contributed by atoms with Crippen LogP contribution in [0.15, 0.2) is 52.3 Å². The highest BCUT2D eigenvalue weighted by Gasteiger charge is 2.14. The summed E-state index contributed by atoms with van der Waals surface area (Å²) in [5.41, 5.74) is 2.41. The SMILES string of the molecule is S=C(c1ccc(Nc2ccc(Br)cc2Cl)cc1Cl)c1sccc1Cl. The molecule has 1 N–H and O–H groups in total. The molecule has 24 heavy (non-hydrogen) atoms. The summed E-state index contributed by atoms with van der Waals surface area (Å²) >= 11 is 29.2. The topological polar surface area (TPSA) is 12.0 Å². The van der Waals surface area contributed by atoms with Crippen LogP contribution in [-0.2, 0) is 0 Å². The molecule has 0 aliphatic carbocycles. The molecular formula is C17H9BrCl3NS2. The van der Waals surface area contributed by atoms with E-state index in [9.17, 15) is 0 Å². The first-order valence-corrected chi connectivity index (χ1v) is 9.96. The molecule has 1 aromatic heterocycles. The molecule has 3 rings (SSSR count). The summed E-state index contributed by atoms with van der Waals surface area (Å²) in [5.74, 6) is 0. The summed E-state index contributed by atoms with van der Waals surface area (Å²) in [6.45, 7) is 0. The molecule has 122 valence electrons. The maximum atomic E-state index is 6.42. The quantitative estimate of drug-likeness (QED) is 0.302. The molecule has 1 nitrogen and oxygen atoms in total. The van der Waals surface area contributed by atoms with Crippen LogP contribution in [0.4, 0.5) is 11.4 Å². The Bertz CT molecular complexity index is 924. The monoisotopic (exact) mass is 475 g/mol. The van der Waals surface area contributed by atoms with Gasteiger partial charge in [-0.3, -0.25) is 0 Å². The van der Waals surface area contributed by atoms with Crippen molar-refractivity contribution in [3.63, 3.8) is 0 Å². The number of halogens is 4. The Kier molecular flexibility index (Phi) is 5.85. The van der Waals surface area contributed by atoms with Gasteiger partial charge in [0.05, 0.1) is 30.5 Å². The van der Waals surface area contributed by atoms with Crippen LogP contribution in [0.5, 0.6) is 0 Å². The summed E-state index contributed by atoms with van der Waals surface area (Å²) in [7, 11) is 0. The van der Waals surface area contributed by atoms with Crippen molar-refractivity contribution in [2.45, 2.75) is 0 Å². The Morgan fingerprint density at radius 1 is 0.958 bits per heavy atom. The van der Waals surface area contributed by atoms with E-state index in [2.05, 4.69) is 21.2 Å². The zero-order chi connectivity index (χ0) is 17.3. The van der Waals surface area contributed by atoms with E-state index in [0.717, 1.165) is 26.3 Å². The number of anilines is 2. The van der Waals surface area contributed by atoms with Crippen molar-refractivity contribution in [2.24, 2.45) is 0 Å². The first-order chi connectivity index (χ1) is 11.5. The lowest BCUT2D eigenvalue weighted by atomic mass is 10.1. The molecule has 0 aliphatic rings. The molecule has 0 saturated carbocycles. The number of benzene rings is 2. The van der Waals surface area contributed by atoms with Crippen LogP contribution in [0.25, 0.3) is 0 Å². The minimum atomic E-state index is 0.558. The van der Waals surface area contributed by atoms with Crippen LogP contribution >= 0.6 is 74.3 Å². The van der Waals surface area contributed by atoms with Crippen molar-refractivity contribution >= 4 is 90.5 Å². The molecule has 0 saturated heterocycles. The Balaban J connectivity index is 1.87. The fourth-order valence-electron chi connectivity index (χ4n) is 2.10. The molecule has 0 atom stereocenters. The second kappa shape index (κ2) is 7.73. The van der Waals surface area contributed by atoms with Gasteiger partial charge in [-0.05, 0) is 47.8 Å². The predicted molar refractivity (Wildman–Crippen MR) is 114 cm³/mol. The maximum absolute atomic E-state index is 6.42. The highest BCUT2D eigenvalue weighted by molar-refractivity contribution is 9.10. The van der Waals surface area contributed by atoms with E-state index >= 15 is 0 Å². The van der Waals surface area contributed by atoms with Crippen LogP contribution in [0.2, 0.25) is 15.1 Å². The molecule has 7 heteroatoms. The second-order valence-corrected chi connectivity index (χ2v) is 8.33. The van der Waals surface area contributed by atoms with Gasteiger partial charge in [-0.15, -0.1) is 11.3 Å². The van der Waals surface area contributed by atoms with Crippen molar-refractivity contribution in [3.8, 4) is 0 Å². The molecule has 0 fully saturated rings. The number of thiocarbonyl (C=S) groups is 1. The lowest BCUT2D eigenvalue weighted by Gasteiger charge is -2.11. The summed E-state index contributed by atoms with van der Waals surface area (Å²) in [4.78, 5) is 1.50. The van der Waals surface area contributed by atoms with Crippen LogP contribution in [-0.4, -0.2) is 4.86 Å². The van der Waals surface area contributed by atoms with Crippen LogP contribution in [0, 0.1) is 0 Å². The maximum Gasteiger partial charge on any atom is 0.0652 e. The number of nitrogens with one attached hydrogen (secondary N) is 1. The van der Waals surface area contributed by atoms with Crippen molar-refractivity contribution in [1.29, 1.82) is 0 Å². The summed E-state index contributed by atoms with van der Waals surface area (Å²) in [6.07, 6.45) is 0. The number of rotatable bonds is 4. The van der Waals surface area contributed by atoms with Crippen LogP contribution in [0.1, 0.15) is 10.4 Å². The first-order valence-electron chi connectivity index (χ1n) is 6.75. The van der Waals surface area contributed by atoms with Gasteiger partial charge < -0.3 is 5.32 Å². The lowest BCUT2D eigenvalue weighted by molar-refractivity contribution is 1.53. The van der Waals surface area contributed by atoms with Crippen LogP contribution in [0.3, 0.4) is 0 Å². The van der Waals surface area contributed by atoms with E-state index in [4.69, 9.17) is 47.0 Å². The van der Waals surface area contributed by atoms with Gasteiger partial charge in [0.15, 0.2) is 0 Å². The smallest absolute Gasteiger partial charge is 0.0652 e. The van der Waals surface area contributed by atoms with E-state index in [0.29, 0.717) is 19.9 Å². The van der Waals surface area contributed by atoms with Gasteiger partial charge in [0, 0.05) is 15.7 Å². The van der Waals surface area contributed by atoms with Crippen LogP contribution < -0.4 is 5.32 Å². The zero-order valence-corrected chi connectivity index (χ0v) is 17.4. The molecule has 0 radical (unpaired) electrons. The highest BCUT2D eigenvalue weighted by atomic mass is 79.9. The average Bonchev–Trinajstić information content (AvgIpc) is 2.96.